The fourth-order valence-corrected chi connectivity index (χ4v) is 4.49. The maximum absolute atomic E-state index is 12.7. The Morgan fingerprint density at radius 1 is 1.19 bits per heavy atom. The van der Waals surface area contributed by atoms with E-state index >= 15 is 0 Å². The van der Waals surface area contributed by atoms with Crippen LogP contribution in [0.2, 0.25) is 0 Å². The average Bonchev–Trinajstić information content (AvgIpc) is 3.30. The van der Waals surface area contributed by atoms with Crippen molar-refractivity contribution >= 4 is 39.2 Å². The molecule has 1 amide bonds. The Kier molecular flexibility index (Phi) is 5.22. The van der Waals surface area contributed by atoms with Gasteiger partial charge in [0, 0.05) is 11.0 Å². The highest BCUT2D eigenvalue weighted by molar-refractivity contribution is 7.98. The van der Waals surface area contributed by atoms with Gasteiger partial charge in [-0.25, -0.2) is 4.98 Å². The van der Waals surface area contributed by atoms with Crippen LogP contribution in [0.5, 0.6) is 0 Å². The Labute approximate surface area is 164 Å². The van der Waals surface area contributed by atoms with Crippen LogP contribution < -0.4 is 5.32 Å². The molecule has 0 bridgehead atoms. The summed E-state index contributed by atoms with van der Waals surface area (Å²) >= 11 is 3.16. The standard InChI is InChI=1S/C20H17N3O2S2/c1-13-10-14(25-23-13)12-26-17-8-4-2-6-15(17)20(24)21-11-19-22-16-7-3-5-9-18(16)27-19/h2-10H,11-12H2,1H3,(H,21,24). The number of hydrogen-bond acceptors (Lipinski definition) is 6. The highest BCUT2D eigenvalue weighted by atomic mass is 32.2. The number of nitrogens with zero attached hydrogens (tertiary/aromatic N) is 2. The largest absolute Gasteiger partial charge is 0.360 e. The van der Waals surface area contributed by atoms with Crippen molar-refractivity contribution in [1.82, 2.24) is 15.5 Å². The number of aryl methyl sites for hydroxylation is 1. The van der Waals surface area contributed by atoms with Crippen molar-refractivity contribution in [1.29, 1.82) is 0 Å². The van der Waals surface area contributed by atoms with Crippen molar-refractivity contribution in [3.8, 4) is 0 Å². The van der Waals surface area contributed by atoms with Crippen molar-refractivity contribution in [2.75, 3.05) is 0 Å². The third kappa shape index (κ3) is 4.20. The molecule has 0 aliphatic carbocycles. The van der Waals surface area contributed by atoms with Crippen LogP contribution in [0.4, 0.5) is 0 Å². The first-order chi connectivity index (χ1) is 13.2. The third-order valence-corrected chi connectivity index (χ3v) is 6.05. The molecule has 2 heterocycles. The minimum absolute atomic E-state index is 0.105. The summed E-state index contributed by atoms with van der Waals surface area (Å²) in [4.78, 5) is 18.2. The van der Waals surface area contributed by atoms with E-state index in [1.807, 2.05) is 61.5 Å². The van der Waals surface area contributed by atoms with Gasteiger partial charge in [0.1, 0.15) is 10.8 Å². The minimum Gasteiger partial charge on any atom is -0.360 e. The second-order valence-corrected chi connectivity index (χ2v) is 8.11. The number of benzene rings is 2. The number of carbonyl (C=O) groups excluding carboxylic acids is 1. The molecule has 1 N–H and O–H groups in total. The van der Waals surface area contributed by atoms with E-state index in [9.17, 15) is 4.79 Å². The summed E-state index contributed by atoms with van der Waals surface area (Å²) in [5.41, 5.74) is 2.47. The van der Waals surface area contributed by atoms with Gasteiger partial charge in [-0.1, -0.05) is 29.4 Å². The molecule has 27 heavy (non-hydrogen) atoms. The molecule has 0 aliphatic heterocycles. The molecule has 0 spiro atoms. The predicted octanol–water partition coefficient (Wildman–Crippen LogP) is 4.82. The molecule has 0 aliphatic rings. The summed E-state index contributed by atoms with van der Waals surface area (Å²) in [6.07, 6.45) is 0. The van der Waals surface area contributed by atoms with E-state index in [0.29, 0.717) is 17.9 Å². The molecule has 7 heteroatoms. The zero-order chi connectivity index (χ0) is 18.6. The maximum Gasteiger partial charge on any atom is 0.252 e. The van der Waals surface area contributed by atoms with Crippen molar-refractivity contribution in [2.45, 2.75) is 24.1 Å². The van der Waals surface area contributed by atoms with E-state index in [1.54, 1.807) is 23.1 Å². The van der Waals surface area contributed by atoms with Crippen molar-refractivity contribution < 1.29 is 9.32 Å². The molecule has 4 rings (SSSR count). The molecule has 2 aromatic carbocycles. The van der Waals surface area contributed by atoms with Crippen LogP contribution in [-0.2, 0) is 12.3 Å². The van der Waals surface area contributed by atoms with Crippen LogP contribution in [0.1, 0.15) is 26.8 Å². The first-order valence-corrected chi connectivity index (χ1v) is 10.3. The van der Waals surface area contributed by atoms with Crippen molar-refractivity contribution in [3.05, 3.63) is 76.6 Å². The lowest BCUT2D eigenvalue weighted by molar-refractivity contribution is 0.0948. The quantitative estimate of drug-likeness (QED) is 0.474. The van der Waals surface area contributed by atoms with Crippen LogP contribution >= 0.6 is 23.1 Å². The number of nitrogens with one attached hydrogen (secondary N) is 1. The second kappa shape index (κ2) is 7.94. The molecule has 0 saturated heterocycles. The monoisotopic (exact) mass is 395 g/mol. The second-order valence-electron chi connectivity index (χ2n) is 5.98. The van der Waals surface area contributed by atoms with Gasteiger partial charge < -0.3 is 9.84 Å². The van der Waals surface area contributed by atoms with Crippen molar-refractivity contribution in [2.24, 2.45) is 0 Å². The molecular formula is C20H17N3O2S2. The van der Waals surface area contributed by atoms with E-state index in [1.165, 1.54) is 0 Å². The molecule has 0 fully saturated rings. The Bertz CT molecular complexity index is 1050. The Hall–Kier alpha value is -2.64. The van der Waals surface area contributed by atoms with Crippen LogP contribution in [0.3, 0.4) is 0 Å². The fourth-order valence-electron chi connectivity index (χ4n) is 2.66. The molecule has 4 aromatic rings. The lowest BCUT2D eigenvalue weighted by Crippen LogP contribution is -2.23. The van der Waals surface area contributed by atoms with E-state index in [4.69, 9.17) is 4.52 Å². The van der Waals surface area contributed by atoms with Crippen molar-refractivity contribution in [3.63, 3.8) is 0 Å². The molecule has 136 valence electrons. The summed E-state index contributed by atoms with van der Waals surface area (Å²) < 4.78 is 6.37. The zero-order valence-corrected chi connectivity index (χ0v) is 16.3. The van der Waals surface area contributed by atoms with E-state index in [0.717, 1.165) is 31.6 Å². The number of amides is 1. The topological polar surface area (TPSA) is 68.0 Å². The summed E-state index contributed by atoms with van der Waals surface area (Å²) in [6, 6.07) is 17.5. The van der Waals surface area contributed by atoms with Gasteiger partial charge in [-0.2, -0.15) is 0 Å². The summed E-state index contributed by atoms with van der Waals surface area (Å²) in [5, 5.41) is 7.77. The maximum atomic E-state index is 12.7. The van der Waals surface area contributed by atoms with Gasteiger partial charge in [-0.05, 0) is 31.2 Å². The Morgan fingerprint density at radius 3 is 2.81 bits per heavy atom. The SMILES string of the molecule is Cc1cc(CSc2ccccc2C(=O)NCc2nc3ccccc3s2)on1. The van der Waals surface area contributed by atoms with E-state index in [2.05, 4.69) is 15.5 Å². The first kappa shape index (κ1) is 17.8. The predicted molar refractivity (Wildman–Crippen MR) is 108 cm³/mol. The van der Waals surface area contributed by atoms with Crippen LogP contribution in [0, 0.1) is 6.92 Å². The first-order valence-electron chi connectivity index (χ1n) is 8.46. The molecule has 0 radical (unpaired) electrons. The number of thiazole rings is 1. The molecule has 5 nitrogen and oxygen atoms in total. The number of aromatic nitrogens is 2. The van der Waals surface area contributed by atoms with Gasteiger partial charge in [0.2, 0.25) is 0 Å². The number of carbonyl (C=O) groups is 1. The number of thioether (sulfide) groups is 1. The summed E-state index contributed by atoms with van der Waals surface area (Å²) in [6.45, 7) is 2.31. The Balaban J connectivity index is 1.43. The van der Waals surface area contributed by atoms with E-state index in [-0.39, 0.29) is 5.91 Å². The van der Waals surface area contributed by atoms with Gasteiger partial charge in [0.15, 0.2) is 0 Å². The minimum atomic E-state index is -0.105. The van der Waals surface area contributed by atoms with Gasteiger partial charge in [0.25, 0.3) is 5.91 Å². The zero-order valence-electron chi connectivity index (χ0n) is 14.6. The number of para-hydroxylation sites is 1. The van der Waals surface area contributed by atoms with Gasteiger partial charge in [-0.3, -0.25) is 4.79 Å². The normalized spacial score (nSPS) is 11.0. The molecule has 0 saturated carbocycles. The highest BCUT2D eigenvalue weighted by Crippen LogP contribution is 2.27. The number of hydrogen-bond donors (Lipinski definition) is 1. The highest BCUT2D eigenvalue weighted by Gasteiger charge is 2.13. The summed E-state index contributed by atoms with van der Waals surface area (Å²) in [5.74, 6) is 1.32. The molecular weight excluding hydrogens is 378 g/mol. The lowest BCUT2D eigenvalue weighted by atomic mass is 10.2. The average molecular weight is 396 g/mol. The Morgan fingerprint density at radius 2 is 2.00 bits per heavy atom. The van der Waals surface area contributed by atoms with Crippen LogP contribution in [0.25, 0.3) is 10.2 Å². The number of rotatable bonds is 6. The fraction of sp³-hybridized carbons (Fsp3) is 0.150. The van der Waals surface area contributed by atoms with Gasteiger partial charge in [0.05, 0.1) is 33.8 Å². The van der Waals surface area contributed by atoms with Gasteiger partial charge in [-0.15, -0.1) is 23.1 Å². The van der Waals surface area contributed by atoms with E-state index < -0.39 is 0 Å². The lowest BCUT2D eigenvalue weighted by Gasteiger charge is -2.08. The van der Waals surface area contributed by atoms with Crippen LogP contribution in [-0.4, -0.2) is 16.0 Å². The smallest absolute Gasteiger partial charge is 0.252 e. The van der Waals surface area contributed by atoms with Crippen LogP contribution in [0.15, 0.2) is 64.0 Å². The third-order valence-electron chi connectivity index (χ3n) is 3.92. The number of fused-ring (bicyclic) bond motifs is 1. The molecule has 0 atom stereocenters. The molecule has 2 aromatic heterocycles. The van der Waals surface area contributed by atoms with Gasteiger partial charge >= 0.3 is 0 Å². The summed E-state index contributed by atoms with van der Waals surface area (Å²) in [7, 11) is 0. The molecule has 0 unspecified atom stereocenters.